The lowest BCUT2D eigenvalue weighted by Gasteiger charge is -2.29. The van der Waals surface area contributed by atoms with Gasteiger partial charge in [-0.3, -0.25) is 4.90 Å². The quantitative estimate of drug-likeness (QED) is 0.833. The third-order valence-electron chi connectivity index (χ3n) is 5.54. The van der Waals surface area contributed by atoms with Crippen LogP contribution in [0.5, 0.6) is 0 Å². The molecule has 6 nitrogen and oxygen atoms in total. The Bertz CT molecular complexity index is 646. The van der Waals surface area contributed by atoms with Gasteiger partial charge in [-0.1, -0.05) is 6.92 Å². The Hall–Kier alpha value is -1.31. The number of rotatable bonds is 7. The molecule has 0 bridgehead atoms. The second-order valence-corrected chi connectivity index (χ2v) is 7.97. The highest BCUT2D eigenvalue weighted by molar-refractivity contribution is 7.07. The van der Waals surface area contributed by atoms with Crippen molar-refractivity contribution in [1.82, 2.24) is 30.4 Å². The van der Waals surface area contributed by atoms with Crippen molar-refractivity contribution >= 4 is 11.3 Å². The molecule has 7 heteroatoms. The van der Waals surface area contributed by atoms with Gasteiger partial charge in [-0.05, 0) is 77.0 Å². The average molecular weight is 347 g/mol. The van der Waals surface area contributed by atoms with Crippen molar-refractivity contribution < 1.29 is 0 Å². The van der Waals surface area contributed by atoms with E-state index in [0.29, 0.717) is 11.5 Å². The molecule has 4 rings (SSSR count). The highest BCUT2D eigenvalue weighted by Crippen LogP contribution is 2.56. The number of nitrogens with zero attached hydrogens (tertiary/aromatic N) is 5. The molecular formula is C17H26N6S. The van der Waals surface area contributed by atoms with Gasteiger partial charge in [0.05, 0.1) is 6.54 Å². The molecule has 1 N–H and O–H groups in total. The van der Waals surface area contributed by atoms with E-state index >= 15 is 0 Å². The molecule has 2 aromatic rings. The van der Waals surface area contributed by atoms with Crippen LogP contribution < -0.4 is 5.32 Å². The Morgan fingerprint density at radius 1 is 1.38 bits per heavy atom. The number of nitrogens with one attached hydrogen (secondary N) is 1. The third-order valence-corrected chi connectivity index (χ3v) is 6.27. The summed E-state index contributed by atoms with van der Waals surface area (Å²) in [4.78, 5) is 2.62. The van der Waals surface area contributed by atoms with Gasteiger partial charge >= 0.3 is 0 Å². The second kappa shape index (κ2) is 6.90. The fourth-order valence-electron chi connectivity index (χ4n) is 4.10. The van der Waals surface area contributed by atoms with Crippen molar-refractivity contribution in [1.29, 1.82) is 0 Å². The predicted molar refractivity (Wildman–Crippen MR) is 94.6 cm³/mol. The van der Waals surface area contributed by atoms with Crippen LogP contribution in [0.1, 0.15) is 44.0 Å². The standard InChI is InChI=1S/C17H26N6S/c1-2-8-23-16(19-20-21-23)12-22(11-14-3-9-24-13-14)15-10-17(15)4-6-18-7-5-17/h3,9,13,15,18H,2,4-8,10-12H2,1H3/t15-/m1/s1. The monoisotopic (exact) mass is 346 g/mol. The first-order chi connectivity index (χ1) is 11.8. The summed E-state index contributed by atoms with van der Waals surface area (Å²) in [6, 6.07) is 2.91. The molecule has 1 atom stereocenters. The molecule has 0 unspecified atom stereocenters. The summed E-state index contributed by atoms with van der Waals surface area (Å²) in [6.45, 7) is 7.24. The zero-order chi connectivity index (χ0) is 16.4. The maximum Gasteiger partial charge on any atom is 0.165 e. The summed E-state index contributed by atoms with van der Waals surface area (Å²) >= 11 is 1.78. The van der Waals surface area contributed by atoms with Crippen LogP contribution in [-0.2, 0) is 19.6 Å². The molecule has 130 valence electrons. The number of thiophene rings is 1. The Morgan fingerprint density at radius 2 is 2.25 bits per heavy atom. The third kappa shape index (κ3) is 3.25. The average Bonchev–Trinajstić information content (AvgIpc) is 2.98. The van der Waals surface area contributed by atoms with Gasteiger partial charge in [0.2, 0.25) is 0 Å². The van der Waals surface area contributed by atoms with Gasteiger partial charge in [0.25, 0.3) is 0 Å². The van der Waals surface area contributed by atoms with Gasteiger partial charge in [0.15, 0.2) is 5.82 Å². The van der Waals surface area contributed by atoms with E-state index in [-0.39, 0.29) is 0 Å². The van der Waals surface area contributed by atoms with E-state index in [1.165, 1.54) is 24.8 Å². The van der Waals surface area contributed by atoms with Gasteiger partial charge in [-0.25, -0.2) is 4.68 Å². The normalized spacial score (nSPS) is 22.3. The molecule has 0 radical (unpaired) electrons. The summed E-state index contributed by atoms with van der Waals surface area (Å²) in [7, 11) is 0. The van der Waals surface area contributed by atoms with E-state index in [1.807, 2.05) is 4.68 Å². The molecule has 1 aliphatic heterocycles. The summed E-state index contributed by atoms with van der Waals surface area (Å²) < 4.78 is 1.97. The lowest BCUT2D eigenvalue weighted by atomic mass is 9.93. The summed E-state index contributed by atoms with van der Waals surface area (Å²) in [5.74, 6) is 1.00. The lowest BCUT2D eigenvalue weighted by molar-refractivity contribution is 0.181. The Kier molecular flexibility index (Phi) is 4.65. The number of piperidine rings is 1. The molecule has 0 amide bonds. The zero-order valence-electron chi connectivity index (χ0n) is 14.3. The lowest BCUT2D eigenvalue weighted by Crippen LogP contribution is -2.36. The molecule has 1 saturated carbocycles. The van der Waals surface area contributed by atoms with Gasteiger partial charge < -0.3 is 5.32 Å². The SMILES string of the molecule is CCCn1nnnc1CN(Cc1ccsc1)[C@@H]1CC12CCNCC2. The maximum absolute atomic E-state index is 4.30. The van der Waals surface area contributed by atoms with E-state index in [9.17, 15) is 0 Å². The van der Waals surface area contributed by atoms with E-state index in [2.05, 4.69) is 49.5 Å². The second-order valence-electron chi connectivity index (χ2n) is 7.19. The minimum Gasteiger partial charge on any atom is -0.317 e. The largest absolute Gasteiger partial charge is 0.317 e. The topological polar surface area (TPSA) is 58.9 Å². The van der Waals surface area contributed by atoms with E-state index in [1.54, 1.807) is 11.3 Å². The van der Waals surface area contributed by atoms with Crippen molar-refractivity contribution in [2.24, 2.45) is 5.41 Å². The van der Waals surface area contributed by atoms with Crippen LogP contribution in [0.2, 0.25) is 0 Å². The van der Waals surface area contributed by atoms with Crippen molar-refractivity contribution in [2.45, 2.75) is 58.3 Å². The minimum absolute atomic E-state index is 0.532. The number of hydrogen-bond donors (Lipinski definition) is 1. The van der Waals surface area contributed by atoms with Crippen LogP contribution in [0.4, 0.5) is 0 Å². The number of aryl methyl sites for hydroxylation is 1. The molecule has 2 aliphatic rings. The van der Waals surface area contributed by atoms with Crippen LogP contribution in [-0.4, -0.2) is 44.2 Å². The molecule has 2 fully saturated rings. The fraction of sp³-hybridized carbons (Fsp3) is 0.706. The molecule has 3 heterocycles. The molecular weight excluding hydrogens is 320 g/mol. The van der Waals surface area contributed by atoms with E-state index in [0.717, 1.165) is 45.0 Å². The van der Waals surface area contributed by atoms with Crippen molar-refractivity contribution in [3.05, 3.63) is 28.2 Å². The van der Waals surface area contributed by atoms with Gasteiger partial charge in [0.1, 0.15) is 0 Å². The summed E-state index contributed by atoms with van der Waals surface area (Å²) in [5.41, 5.74) is 1.94. The Labute approximate surface area is 147 Å². The van der Waals surface area contributed by atoms with Gasteiger partial charge in [-0.15, -0.1) is 5.10 Å². The van der Waals surface area contributed by atoms with Crippen LogP contribution in [0.15, 0.2) is 16.8 Å². The van der Waals surface area contributed by atoms with Crippen LogP contribution in [0.25, 0.3) is 0 Å². The highest BCUT2D eigenvalue weighted by atomic mass is 32.1. The van der Waals surface area contributed by atoms with E-state index in [4.69, 9.17) is 0 Å². The minimum atomic E-state index is 0.532. The first kappa shape index (κ1) is 16.2. The first-order valence-corrected chi connectivity index (χ1v) is 9.96. The smallest absolute Gasteiger partial charge is 0.165 e. The summed E-state index contributed by atoms with van der Waals surface area (Å²) in [6.07, 6.45) is 4.99. The van der Waals surface area contributed by atoms with Crippen LogP contribution in [0.3, 0.4) is 0 Å². The molecule has 0 aromatic carbocycles. The molecule has 1 spiro atoms. The zero-order valence-corrected chi connectivity index (χ0v) is 15.1. The van der Waals surface area contributed by atoms with Crippen molar-refractivity contribution in [3.63, 3.8) is 0 Å². The number of tetrazole rings is 1. The van der Waals surface area contributed by atoms with Gasteiger partial charge in [-0.2, -0.15) is 11.3 Å². The Balaban J connectivity index is 1.51. The highest BCUT2D eigenvalue weighted by Gasteiger charge is 2.56. The Morgan fingerprint density at radius 3 is 3.00 bits per heavy atom. The molecule has 2 aromatic heterocycles. The van der Waals surface area contributed by atoms with Gasteiger partial charge in [0, 0.05) is 19.1 Å². The molecule has 24 heavy (non-hydrogen) atoms. The van der Waals surface area contributed by atoms with Crippen LogP contribution >= 0.6 is 11.3 Å². The molecule has 1 saturated heterocycles. The fourth-order valence-corrected chi connectivity index (χ4v) is 4.76. The number of hydrogen-bond acceptors (Lipinski definition) is 6. The molecule has 1 aliphatic carbocycles. The number of aromatic nitrogens is 4. The van der Waals surface area contributed by atoms with E-state index < -0.39 is 0 Å². The van der Waals surface area contributed by atoms with Crippen LogP contribution in [0, 0.1) is 5.41 Å². The van der Waals surface area contributed by atoms with Crippen molar-refractivity contribution in [3.8, 4) is 0 Å². The van der Waals surface area contributed by atoms with Crippen molar-refractivity contribution in [2.75, 3.05) is 13.1 Å². The predicted octanol–water partition coefficient (Wildman–Crippen LogP) is 2.29. The first-order valence-electron chi connectivity index (χ1n) is 9.02. The maximum atomic E-state index is 4.30. The summed E-state index contributed by atoms with van der Waals surface area (Å²) in [5, 5.41) is 20.3.